The zero-order chi connectivity index (χ0) is 11.4. The molecule has 4 nitrogen and oxygen atoms in total. The number of fused-ring (bicyclic) bond motifs is 3. The smallest absolute Gasteiger partial charge is 0.312 e. The molecule has 3 saturated carbocycles. The van der Waals surface area contributed by atoms with E-state index >= 15 is 0 Å². The maximum Gasteiger partial charge on any atom is 0.312 e. The molecule has 1 atom stereocenters. The van der Waals surface area contributed by atoms with Crippen molar-refractivity contribution in [3.8, 4) is 0 Å². The summed E-state index contributed by atoms with van der Waals surface area (Å²) in [6.45, 7) is 0.894. The Hall–Kier alpha value is -0.610. The second kappa shape index (κ2) is 3.20. The SMILES string of the molecule is O=C(O)C1(C2(O)CNC2)CC2CCC1CC2. The van der Waals surface area contributed by atoms with Gasteiger partial charge in [-0.05, 0) is 31.1 Å². The fourth-order valence-corrected chi connectivity index (χ4v) is 4.19. The maximum atomic E-state index is 11.7. The van der Waals surface area contributed by atoms with E-state index < -0.39 is 17.0 Å². The fourth-order valence-electron chi connectivity index (χ4n) is 4.19. The van der Waals surface area contributed by atoms with Crippen LogP contribution in [0.4, 0.5) is 0 Å². The van der Waals surface area contributed by atoms with Gasteiger partial charge in [0.15, 0.2) is 0 Å². The molecule has 1 unspecified atom stereocenters. The molecule has 4 heteroatoms. The second-order valence-corrected chi connectivity index (χ2v) is 5.83. The third-order valence-corrected chi connectivity index (χ3v) is 5.20. The molecule has 1 heterocycles. The molecule has 16 heavy (non-hydrogen) atoms. The number of hydrogen-bond acceptors (Lipinski definition) is 3. The maximum absolute atomic E-state index is 11.7. The number of hydrogen-bond donors (Lipinski definition) is 3. The molecule has 1 saturated heterocycles. The Morgan fingerprint density at radius 2 is 1.81 bits per heavy atom. The number of aliphatic carboxylic acids is 1. The third kappa shape index (κ3) is 1.09. The van der Waals surface area contributed by atoms with Crippen molar-refractivity contribution in [2.45, 2.75) is 37.7 Å². The van der Waals surface area contributed by atoms with Gasteiger partial charge in [-0.25, -0.2) is 0 Å². The molecule has 4 fully saturated rings. The van der Waals surface area contributed by atoms with E-state index in [1.807, 2.05) is 0 Å². The van der Waals surface area contributed by atoms with Crippen LogP contribution in [0, 0.1) is 17.3 Å². The Kier molecular flexibility index (Phi) is 2.11. The van der Waals surface area contributed by atoms with Crippen LogP contribution in [0.3, 0.4) is 0 Å². The predicted molar refractivity (Wildman–Crippen MR) is 58.0 cm³/mol. The Morgan fingerprint density at radius 1 is 1.19 bits per heavy atom. The number of carboxylic acid groups (broad SMARTS) is 1. The Balaban J connectivity index is 2.00. The summed E-state index contributed by atoms with van der Waals surface area (Å²) in [5, 5.41) is 23.2. The van der Waals surface area contributed by atoms with Gasteiger partial charge in [0, 0.05) is 13.1 Å². The van der Waals surface area contributed by atoms with Crippen LogP contribution < -0.4 is 5.32 Å². The molecule has 0 spiro atoms. The van der Waals surface area contributed by atoms with Crippen molar-refractivity contribution >= 4 is 5.97 Å². The summed E-state index contributed by atoms with van der Waals surface area (Å²) in [5.74, 6) is -0.0706. The molecule has 0 amide bonds. The molecular formula is C12H19NO3. The molecule has 0 aromatic rings. The van der Waals surface area contributed by atoms with E-state index in [-0.39, 0.29) is 5.92 Å². The summed E-state index contributed by atoms with van der Waals surface area (Å²) in [4.78, 5) is 11.7. The summed E-state index contributed by atoms with van der Waals surface area (Å²) in [6, 6.07) is 0. The lowest BCUT2D eigenvalue weighted by atomic mass is 9.49. The van der Waals surface area contributed by atoms with Gasteiger partial charge in [0.2, 0.25) is 0 Å². The molecule has 3 aliphatic carbocycles. The van der Waals surface area contributed by atoms with Crippen LogP contribution in [0.2, 0.25) is 0 Å². The van der Waals surface area contributed by atoms with Gasteiger partial charge in [-0.1, -0.05) is 12.8 Å². The Bertz CT molecular complexity index is 318. The van der Waals surface area contributed by atoms with Crippen LogP contribution in [0.25, 0.3) is 0 Å². The zero-order valence-electron chi connectivity index (χ0n) is 9.41. The molecule has 4 aliphatic rings. The first kappa shape index (κ1) is 10.5. The van der Waals surface area contributed by atoms with Crippen molar-refractivity contribution in [1.82, 2.24) is 5.32 Å². The van der Waals surface area contributed by atoms with Crippen molar-refractivity contribution in [3.63, 3.8) is 0 Å². The van der Waals surface area contributed by atoms with Crippen molar-refractivity contribution in [2.75, 3.05) is 13.1 Å². The summed E-state index contributed by atoms with van der Waals surface area (Å²) < 4.78 is 0. The van der Waals surface area contributed by atoms with Crippen molar-refractivity contribution in [3.05, 3.63) is 0 Å². The summed E-state index contributed by atoms with van der Waals surface area (Å²) >= 11 is 0. The van der Waals surface area contributed by atoms with Crippen LogP contribution in [-0.4, -0.2) is 34.9 Å². The normalized spacial score (nSPS) is 45.1. The average Bonchev–Trinajstić information content (AvgIpc) is 2.26. The van der Waals surface area contributed by atoms with Crippen molar-refractivity contribution < 1.29 is 15.0 Å². The number of carbonyl (C=O) groups is 1. The highest BCUT2D eigenvalue weighted by Gasteiger charge is 2.65. The predicted octanol–water partition coefficient (Wildman–Crippen LogP) is 0.602. The molecule has 3 N–H and O–H groups in total. The van der Waals surface area contributed by atoms with Gasteiger partial charge in [-0.15, -0.1) is 0 Å². The molecule has 0 aromatic carbocycles. The highest BCUT2D eigenvalue weighted by molar-refractivity contribution is 5.78. The van der Waals surface area contributed by atoms with Gasteiger partial charge in [-0.2, -0.15) is 0 Å². The average molecular weight is 225 g/mol. The molecule has 0 radical (unpaired) electrons. The number of carboxylic acids is 1. The van der Waals surface area contributed by atoms with Gasteiger partial charge in [-0.3, -0.25) is 4.79 Å². The first-order valence-electron chi connectivity index (χ1n) is 6.25. The number of β-amino-alcohol motifs (C(OH)–C–C–N with tert-alkyl or cyclic N) is 1. The van der Waals surface area contributed by atoms with E-state index in [4.69, 9.17) is 0 Å². The van der Waals surface area contributed by atoms with E-state index in [9.17, 15) is 15.0 Å². The quantitative estimate of drug-likeness (QED) is 0.643. The lowest BCUT2D eigenvalue weighted by molar-refractivity contribution is -0.209. The van der Waals surface area contributed by atoms with Crippen molar-refractivity contribution in [2.24, 2.45) is 17.3 Å². The minimum absolute atomic E-state index is 0.182. The van der Waals surface area contributed by atoms with Crippen LogP contribution in [0.15, 0.2) is 0 Å². The number of nitrogens with one attached hydrogen (secondary N) is 1. The van der Waals surface area contributed by atoms with E-state index in [0.717, 1.165) is 25.7 Å². The number of aliphatic hydroxyl groups is 1. The summed E-state index contributed by atoms with van der Waals surface area (Å²) in [5.41, 5.74) is -1.86. The zero-order valence-corrected chi connectivity index (χ0v) is 9.41. The molecule has 1 aliphatic heterocycles. The second-order valence-electron chi connectivity index (χ2n) is 5.83. The van der Waals surface area contributed by atoms with Crippen LogP contribution in [-0.2, 0) is 4.79 Å². The summed E-state index contributed by atoms with van der Waals surface area (Å²) in [7, 11) is 0. The molecule has 2 bridgehead atoms. The Labute approximate surface area is 95.0 Å². The van der Waals surface area contributed by atoms with E-state index in [1.54, 1.807) is 0 Å². The topological polar surface area (TPSA) is 69.6 Å². The van der Waals surface area contributed by atoms with Crippen LogP contribution >= 0.6 is 0 Å². The van der Waals surface area contributed by atoms with Gasteiger partial charge in [0.1, 0.15) is 11.0 Å². The summed E-state index contributed by atoms with van der Waals surface area (Å²) in [6.07, 6.45) is 4.97. The largest absolute Gasteiger partial charge is 0.481 e. The third-order valence-electron chi connectivity index (χ3n) is 5.20. The van der Waals surface area contributed by atoms with Gasteiger partial charge in [0.05, 0.1) is 0 Å². The monoisotopic (exact) mass is 225 g/mol. The standard InChI is InChI=1S/C12H19NO3/c14-10(15)12(11(16)6-13-7-11)5-8-1-3-9(12)4-2-8/h8-9,13,16H,1-7H2,(H,14,15). The molecule has 4 rings (SSSR count). The van der Waals surface area contributed by atoms with Crippen molar-refractivity contribution in [1.29, 1.82) is 0 Å². The first-order valence-corrected chi connectivity index (χ1v) is 6.25. The highest BCUT2D eigenvalue weighted by Crippen LogP contribution is 2.58. The van der Waals surface area contributed by atoms with E-state index in [2.05, 4.69) is 5.32 Å². The van der Waals surface area contributed by atoms with Gasteiger partial charge in [0.25, 0.3) is 0 Å². The van der Waals surface area contributed by atoms with Crippen LogP contribution in [0.1, 0.15) is 32.1 Å². The first-order chi connectivity index (χ1) is 7.58. The molecule has 90 valence electrons. The lowest BCUT2D eigenvalue weighted by Gasteiger charge is -2.59. The fraction of sp³-hybridized carbons (Fsp3) is 0.917. The lowest BCUT2D eigenvalue weighted by Crippen LogP contribution is -2.74. The minimum Gasteiger partial charge on any atom is -0.481 e. The Morgan fingerprint density at radius 3 is 2.12 bits per heavy atom. The van der Waals surface area contributed by atoms with E-state index in [0.29, 0.717) is 25.4 Å². The van der Waals surface area contributed by atoms with Gasteiger partial charge < -0.3 is 15.5 Å². The van der Waals surface area contributed by atoms with Crippen LogP contribution in [0.5, 0.6) is 0 Å². The van der Waals surface area contributed by atoms with E-state index in [1.165, 1.54) is 0 Å². The van der Waals surface area contributed by atoms with Gasteiger partial charge >= 0.3 is 5.97 Å². The number of rotatable bonds is 2. The molecule has 0 aromatic heterocycles. The highest BCUT2D eigenvalue weighted by atomic mass is 16.4. The molecular weight excluding hydrogens is 206 g/mol. The minimum atomic E-state index is -0.997.